The van der Waals surface area contributed by atoms with Crippen molar-refractivity contribution in [2.75, 3.05) is 7.11 Å². The molecule has 0 radical (unpaired) electrons. The van der Waals surface area contributed by atoms with Crippen molar-refractivity contribution in [1.82, 2.24) is 15.3 Å². The van der Waals surface area contributed by atoms with Gasteiger partial charge in [-0.1, -0.05) is 0 Å². The van der Waals surface area contributed by atoms with Crippen molar-refractivity contribution in [1.29, 1.82) is 0 Å². The van der Waals surface area contributed by atoms with Crippen LogP contribution in [0.15, 0.2) is 10.9 Å². The standard InChI is InChI=1S/C12H19N3O2/c1-8(17-2)5-11-14-10(6-12(16)15-11)7-13-9-3-4-9/h6,8-9,13H,3-5,7H2,1-2H3,(H,14,15,16). The van der Waals surface area contributed by atoms with Crippen LogP contribution in [-0.2, 0) is 17.7 Å². The number of aromatic nitrogens is 2. The third-order valence-electron chi connectivity index (χ3n) is 2.88. The summed E-state index contributed by atoms with van der Waals surface area (Å²) in [6.07, 6.45) is 3.15. The van der Waals surface area contributed by atoms with Gasteiger partial charge in [-0.05, 0) is 19.8 Å². The molecular weight excluding hydrogens is 218 g/mol. The molecule has 0 bridgehead atoms. The highest BCUT2D eigenvalue weighted by Gasteiger charge is 2.20. The summed E-state index contributed by atoms with van der Waals surface area (Å²) in [5, 5.41) is 3.35. The van der Waals surface area contributed by atoms with Gasteiger partial charge in [-0.25, -0.2) is 4.98 Å². The molecule has 5 nitrogen and oxygen atoms in total. The van der Waals surface area contributed by atoms with Gasteiger partial charge in [0.05, 0.1) is 11.8 Å². The zero-order valence-electron chi connectivity index (χ0n) is 10.3. The smallest absolute Gasteiger partial charge is 0.251 e. The van der Waals surface area contributed by atoms with E-state index in [0.717, 1.165) is 5.69 Å². The zero-order valence-corrected chi connectivity index (χ0v) is 10.3. The van der Waals surface area contributed by atoms with Crippen LogP contribution >= 0.6 is 0 Å². The Hall–Kier alpha value is -1.20. The summed E-state index contributed by atoms with van der Waals surface area (Å²) in [4.78, 5) is 18.6. The summed E-state index contributed by atoms with van der Waals surface area (Å²) in [7, 11) is 1.65. The molecule has 1 fully saturated rings. The first-order valence-corrected chi connectivity index (χ1v) is 6.02. The molecule has 5 heteroatoms. The number of methoxy groups -OCH3 is 1. The highest BCUT2D eigenvalue weighted by Crippen LogP contribution is 2.18. The lowest BCUT2D eigenvalue weighted by atomic mass is 10.2. The molecule has 0 amide bonds. The monoisotopic (exact) mass is 237 g/mol. The van der Waals surface area contributed by atoms with Crippen LogP contribution in [0.4, 0.5) is 0 Å². The molecule has 1 unspecified atom stereocenters. The van der Waals surface area contributed by atoms with Gasteiger partial charge in [0, 0.05) is 32.2 Å². The summed E-state index contributed by atoms with van der Waals surface area (Å²) in [5.74, 6) is 0.694. The van der Waals surface area contributed by atoms with E-state index in [1.54, 1.807) is 13.2 Å². The second-order valence-corrected chi connectivity index (χ2v) is 4.59. The van der Waals surface area contributed by atoms with E-state index in [4.69, 9.17) is 4.74 Å². The molecule has 0 spiro atoms. The Morgan fingerprint density at radius 1 is 1.65 bits per heavy atom. The maximum absolute atomic E-state index is 11.5. The average Bonchev–Trinajstić information content (AvgIpc) is 3.09. The fourth-order valence-electron chi connectivity index (χ4n) is 1.64. The van der Waals surface area contributed by atoms with Gasteiger partial charge in [-0.3, -0.25) is 4.79 Å². The number of aromatic amines is 1. The Morgan fingerprint density at radius 3 is 3.06 bits per heavy atom. The lowest BCUT2D eigenvalue weighted by molar-refractivity contribution is 0.117. The molecule has 0 aromatic carbocycles. The molecule has 0 saturated heterocycles. The van der Waals surface area contributed by atoms with E-state index in [0.29, 0.717) is 24.8 Å². The second kappa shape index (κ2) is 5.42. The zero-order chi connectivity index (χ0) is 12.3. The lowest BCUT2D eigenvalue weighted by Gasteiger charge is -2.09. The minimum Gasteiger partial charge on any atom is -0.381 e. The van der Waals surface area contributed by atoms with Gasteiger partial charge in [0.15, 0.2) is 0 Å². The van der Waals surface area contributed by atoms with E-state index in [1.807, 2.05) is 6.92 Å². The highest BCUT2D eigenvalue weighted by atomic mass is 16.5. The Kier molecular flexibility index (Phi) is 3.91. The van der Waals surface area contributed by atoms with Crippen molar-refractivity contribution in [3.05, 3.63) is 27.9 Å². The topological polar surface area (TPSA) is 67.0 Å². The number of hydrogen-bond donors (Lipinski definition) is 2. The van der Waals surface area contributed by atoms with Crippen molar-refractivity contribution in [3.8, 4) is 0 Å². The third kappa shape index (κ3) is 3.94. The minimum atomic E-state index is -0.0918. The number of nitrogens with zero attached hydrogens (tertiary/aromatic N) is 1. The summed E-state index contributed by atoms with van der Waals surface area (Å²) in [6, 6.07) is 2.17. The molecule has 1 aliphatic carbocycles. The number of rotatable bonds is 6. The van der Waals surface area contributed by atoms with Crippen molar-refractivity contribution < 1.29 is 4.74 Å². The van der Waals surface area contributed by atoms with Crippen LogP contribution in [0.3, 0.4) is 0 Å². The van der Waals surface area contributed by atoms with Crippen LogP contribution in [0.2, 0.25) is 0 Å². The molecule has 0 aliphatic heterocycles. The van der Waals surface area contributed by atoms with Gasteiger partial charge < -0.3 is 15.0 Å². The normalized spacial score (nSPS) is 17.1. The van der Waals surface area contributed by atoms with Crippen molar-refractivity contribution >= 4 is 0 Å². The first-order chi connectivity index (χ1) is 8.17. The molecular formula is C12H19N3O2. The summed E-state index contributed by atoms with van der Waals surface area (Å²) >= 11 is 0. The SMILES string of the molecule is COC(C)Cc1nc(CNC2CC2)cc(=O)[nH]1. The molecule has 1 heterocycles. The van der Waals surface area contributed by atoms with Gasteiger partial charge in [0.2, 0.25) is 0 Å². The molecule has 1 aliphatic rings. The number of nitrogens with one attached hydrogen (secondary N) is 2. The van der Waals surface area contributed by atoms with E-state index in [9.17, 15) is 4.79 Å². The van der Waals surface area contributed by atoms with E-state index in [1.165, 1.54) is 12.8 Å². The fraction of sp³-hybridized carbons (Fsp3) is 0.667. The number of hydrogen-bond acceptors (Lipinski definition) is 4. The maximum atomic E-state index is 11.5. The molecule has 1 aromatic rings. The van der Waals surface area contributed by atoms with E-state index < -0.39 is 0 Å². The van der Waals surface area contributed by atoms with Gasteiger partial charge >= 0.3 is 0 Å². The first-order valence-electron chi connectivity index (χ1n) is 6.02. The Bertz CT molecular complexity index is 426. The molecule has 1 atom stereocenters. The predicted octanol–water partition coefficient (Wildman–Crippen LogP) is 0.599. The molecule has 1 saturated carbocycles. The summed E-state index contributed by atoms with van der Waals surface area (Å²) in [6.45, 7) is 2.62. The maximum Gasteiger partial charge on any atom is 0.251 e. The molecule has 2 N–H and O–H groups in total. The number of ether oxygens (including phenoxy) is 1. The van der Waals surface area contributed by atoms with Crippen molar-refractivity contribution in [3.63, 3.8) is 0 Å². The van der Waals surface area contributed by atoms with E-state index >= 15 is 0 Å². The lowest BCUT2D eigenvalue weighted by Crippen LogP contribution is -2.22. The van der Waals surface area contributed by atoms with E-state index in [2.05, 4.69) is 15.3 Å². The van der Waals surface area contributed by atoms with Gasteiger partial charge in [-0.15, -0.1) is 0 Å². The van der Waals surface area contributed by atoms with Crippen molar-refractivity contribution in [2.24, 2.45) is 0 Å². The summed E-state index contributed by atoms with van der Waals surface area (Å²) in [5.41, 5.74) is 0.713. The van der Waals surface area contributed by atoms with Crippen LogP contribution in [0.5, 0.6) is 0 Å². The third-order valence-corrected chi connectivity index (χ3v) is 2.88. The van der Waals surface area contributed by atoms with E-state index in [-0.39, 0.29) is 11.7 Å². The fourth-order valence-corrected chi connectivity index (χ4v) is 1.64. The van der Waals surface area contributed by atoms with Crippen LogP contribution < -0.4 is 10.9 Å². The Morgan fingerprint density at radius 2 is 2.41 bits per heavy atom. The van der Waals surface area contributed by atoms with Crippen LogP contribution in [0.1, 0.15) is 31.3 Å². The highest BCUT2D eigenvalue weighted by molar-refractivity contribution is 5.04. The largest absolute Gasteiger partial charge is 0.381 e. The van der Waals surface area contributed by atoms with Crippen LogP contribution in [0.25, 0.3) is 0 Å². The van der Waals surface area contributed by atoms with Gasteiger partial charge in [0.25, 0.3) is 5.56 Å². The quantitative estimate of drug-likeness (QED) is 0.760. The van der Waals surface area contributed by atoms with Gasteiger partial charge in [-0.2, -0.15) is 0 Å². The van der Waals surface area contributed by atoms with Gasteiger partial charge in [0.1, 0.15) is 5.82 Å². The minimum absolute atomic E-state index is 0.0600. The molecule has 94 valence electrons. The molecule has 1 aromatic heterocycles. The second-order valence-electron chi connectivity index (χ2n) is 4.59. The number of H-pyrrole nitrogens is 1. The first kappa shape index (κ1) is 12.3. The van der Waals surface area contributed by atoms with Crippen molar-refractivity contribution in [2.45, 2.75) is 44.9 Å². The van der Waals surface area contributed by atoms with Crippen LogP contribution in [-0.4, -0.2) is 29.2 Å². The molecule has 2 rings (SSSR count). The Labute approximate surface area is 101 Å². The average molecular weight is 237 g/mol. The molecule has 17 heavy (non-hydrogen) atoms. The Balaban J connectivity index is 2.02. The summed E-state index contributed by atoms with van der Waals surface area (Å²) < 4.78 is 5.16. The van der Waals surface area contributed by atoms with Crippen LogP contribution in [0, 0.1) is 0 Å². The predicted molar refractivity (Wildman–Crippen MR) is 64.9 cm³/mol.